The quantitative estimate of drug-likeness (QED) is 0.519. The molecule has 2 atom stereocenters. The van der Waals surface area contributed by atoms with Crippen molar-refractivity contribution >= 4 is 16.7 Å². The van der Waals surface area contributed by atoms with E-state index in [-0.39, 0.29) is 23.2 Å². The van der Waals surface area contributed by atoms with Crippen LogP contribution in [0.25, 0.3) is 10.8 Å². The molecular formula is C28H34F3NO4. The van der Waals surface area contributed by atoms with Crippen LogP contribution >= 0.6 is 0 Å². The maximum atomic E-state index is 14.2. The minimum atomic E-state index is -4.52. The highest BCUT2D eigenvalue weighted by Crippen LogP contribution is 2.43. The van der Waals surface area contributed by atoms with Gasteiger partial charge in [0.1, 0.15) is 11.3 Å². The number of rotatable bonds is 5. The molecule has 0 amide bonds. The highest BCUT2D eigenvalue weighted by molar-refractivity contribution is 5.89. The summed E-state index contributed by atoms with van der Waals surface area (Å²) in [6, 6.07) is 8.36. The maximum absolute atomic E-state index is 14.2. The number of fused-ring (bicyclic) bond motifs is 1. The topological polar surface area (TPSA) is 59.0 Å². The Bertz CT molecular complexity index is 1110. The zero-order valence-corrected chi connectivity index (χ0v) is 20.7. The van der Waals surface area contributed by atoms with E-state index in [1.54, 1.807) is 18.2 Å². The van der Waals surface area contributed by atoms with Gasteiger partial charge in [-0.1, -0.05) is 25.1 Å². The van der Waals surface area contributed by atoms with Crippen molar-refractivity contribution in [2.45, 2.75) is 76.3 Å². The number of aliphatic carboxylic acids is 1. The molecule has 1 aliphatic heterocycles. The minimum Gasteiger partial charge on any atom is -0.490 e. The second-order valence-electron chi connectivity index (χ2n) is 11.0. The molecule has 3 aliphatic rings. The van der Waals surface area contributed by atoms with Crippen LogP contribution in [0.2, 0.25) is 0 Å². The maximum Gasteiger partial charge on any atom is 0.420 e. The molecule has 5 nitrogen and oxygen atoms in total. The Morgan fingerprint density at radius 1 is 1.17 bits per heavy atom. The van der Waals surface area contributed by atoms with Gasteiger partial charge in [0.05, 0.1) is 24.2 Å². The number of carboxylic acids is 1. The lowest BCUT2D eigenvalue weighted by Gasteiger charge is -2.40. The number of nitrogens with zero attached hydrogens (tertiary/aromatic N) is 1. The van der Waals surface area contributed by atoms with E-state index in [9.17, 15) is 23.1 Å². The van der Waals surface area contributed by atoms with Crippen molar-refractivity contribution in [1.82, 2.24) is 4.90 Å². The molecule has 5 rings (SSSR count). The van der Waals surface area contributed by atoms with Crippen LogP contribution in [-0.2, 0) is 22.3 Å². The molecule has 0 bridgehead atoms. The Labute approximate surface area is 209 Å². The van der Waals surface area contributed by atoms with Crippen LogP contribution in [0.4, 0.5) is 13.2 Å². The van der Waals surface area contributed by atoms with Crippen LogP contribution in [0, 0.1) is 11.8 Å². The smallest absolute Gasteiger partial charge is 0.420 e. The van der Waals surface area contributed by atoms with Crippen LogP contribution < -0.4 is 4.74 Å². The number of carbonyl (C=O) groups is 1. The van der Waals surface area contributed by atoms with E-state index in [2.05, 4.69) is 11.8 Å². The second kappa shape index (κ2) is 9.86. The Hall–Kier alpha value is -2.32. The molecule has 1 heterocycles. The Morgan fingerprint density at radius 2 is 1.94 bits per heavy atom. The van der Waals surface area contributed by atoms with Crippen LogP contribution in [0.3, 0.4) is 0 Å². The van der Waals surface area contributed by atoms with Crippen molar-refractivity contribution < 1.29 is 32.5 Å². The van der Waals surface area contributed by atoms with E-state index in [4.69, 9.17) is 9.47 Å². The molecular weight excluding hydrogens is 471 g/mol. The van der Waals surface area contributed by atoms with E-state index in [1.165, 1.54) is 6.07 Å². The number of carboxylic acid groups (broad SMARTS) is 1. The molecule has 2 unspecified atom stereocenters. The van der Waals surface area contributed by atoms with Crippen molar-refractivity contribution in [3.05, 3.63) is 41.5 Å². The highest BCUT2D eigenvalue weighted by atomic mass is 19.4. The van der Waals surface area contributed by atoms with E-state index in [0.717, 1.165) is 37.7 Å². The first kappa shape index (κ1) is 25.3. The molecule has 36 heavy (non-hydrogen) atoms. The predicted octanol–water partition coefficient (Wildman–Crippen LogP) is 6.27. The van der Waals surface area contributed by atoms with Gasteiger partial charge < -0.3 is 14.6 Å². The first-order valence-electron chi connectivity index (χ1n) is 13.0. The molecule has 0 aromatic heterocycles. The third-order valence-corrected chi connectivity index (χ3v) is 8.24. The van der Waals surface area contributed by atoms with Crippen LogP contribution in [0.1, 0.15) is 63.0 Å². The lowest BCUT2D eigenvalue weighted by molar-refractivity contribution is -0.144. The second-order valence-corrected chi connectivity index (χ2v) is 11.0. The summed E-state index contributed by atoms with van der Waals surface area (Å²) in [6.07, 6.45) is 0.661. The molecule has 2 aliphatic carbocycles. The summed E-state index contributed by atoms with van der Waals surface area (Å²) in [5.41, 5.74) is -0.207. The Balaban J connectivity index is 1.35. The third kappa shape index (κ3) is 5.35. The molecule has 2 aromatic carbocycles. The molecule has 3 fully saturated rings. The van der Waals surface area contributed by atoms with E-state index >= 15 is 0 Å². The van der Waals surface area contributed by atoms with Gasteiger partial charge in [0.2, 0.25) is 0 Å². The predicted molar refractivity (Wildman–Crippen MR) is 130 cm³/mol. The van der Waals surface area contributed by atoms with Crippen LogP contribution in [0.5, 0.6) is 5.75 Å². The summed E-state index contributed by atoms with van der Waals surface area (Å²) in [5.74, 6) is -0.633. The fourth-order valence-electron chi connectivity index (χ4n) is 6.27. The average Bonchev–Trinajstić information content (AvgIpc) is 3.23. The molecule has 2 aromatic rings. The van der Waals surface area contributed by atoms with Gasteiger partial charge in [-0.3, -0.25) is 9.69 Å². The minimum absolute atomic E-state index is 0.0772. The SMILES string of the molecule is C[C@H]1CC[C@@H](Oc2ccc3cc(CN4CCOC5(CCC(C(=O)O)C5)C4)ccc3c2C(F)(F)F)CC1. The molecule has 1 N–H and O–H groups in total. The molecule has 1 saturated heterocycles. The summed E-state index contributed by atoms with van der Waals surface area (Å²) < 4.78 is 54.5. The molecule has 1 spiro atoms. The van der Waals surface area contributed by atoms with E-state index < -0.39 is 23.3 Å². The Morgan fingerprint density at radius 3 is 2.64 bits per heavy atom. The zero-order chi connectivity index (χ0) is 25.5. The fraction of sp³-hybridized carbons (Fsp3) is 0.607. The largest absolute Gasteiger partial charge is 0.490 e. The van der Waals surface area contributed by atoms with Crippen molar-refractivity contribution in [2.24, 2.45) is 11.8 Å². The lowest BCUT2D eigenvalue weighted by atomic mass is 9.89. The van der Waals surface area contributed by atoms with Crippen LogP contribution in [0.15, 0.2) is 30.3 Å². The number of benzene rings is 2. The third-order valence-electron chi connectivity index (χ3n) is 8.24. The highest BCUT2D eigenvalue weighted by Gasteiger charge is 2.45. The standard InChI is InChI=1S/C28H34F3NO4/c1-18-2-6-22(7-3-18)36-24-9-5-20-14-19(4-8-23(20)25(24)28(29,30)31)16-32-12-13-35-27(17-32)11-10-21(15-27)26(33)34/h4-5,8-9,14,18,21-22H,2-3,6-7,10-13,15-17H2,1H3,(H,33,34)/t18-,21?,22+,27?. The average molecular weight is 506 g/mol. The van der Waals surface area contributed by atoms with Gasteiger partial charge in [0.15, 0.2) is 0 Å². The van der Waals surface area contributed by atoms with E-state index in [1.807, 2.05) is 6.07 Å². The van der Waals surface area contributed by atoms with Crippen molar-refractivity contribution in [3.8, 4) is 5.75 Å². The zero-order valence-electron chi connectivity index (χ0n) is 20.7. The molecule has 2 saturated carbocycles. The number of halogens is 3. The van der Waals surface area contributed by atoms with Gasteiger partial charge in [-0.25, -0.2) is 0 Å². The number of hydrogen-bond donors (Lipinski definition) is 1. The van der Waals surface area contributed by atoms with Gasteiger partial charge >= 0.3 is 12.1 Å². The molecule has 8 heteroatoms. The summed E-state index contributed by atoms with van der Waals surface area (Å²) in [7, 11) is 0. The van der Waals surface area contributed by atoms with Crippen molar-refractivity contribution in [1.29, 1.82) is 0 Å². The lowest BCUT2D eigenvalue weighted by Crippen LogP contribution is -2.50. The number of morpholine rings is 1. The van der Waals surface area contributed by atoms with Gasteiger partial charge in [-0.2, -0.15) is 13.2 Å². The summed E-state index contributed by atoms with van der Waals surface area (Å²) in [4.78, 5) is 13.6. The van der Waals surface area contributed by atoms with Crippen LogP contribution in [-0.4, -0.2) is 47.4 Å². The molecule has 196 valence electrons. The van der Waals surface area contributed by atoms with Gasteiger partial charge in [0, 0.05) is 19.6 Å². The number of alkyl halides is 3. The van der Waals surface area contributed by atoms with E-state index in [0.29, 0.717) is 50.4 Å². The summed E-state index contributed by atoms with van der Waals surface area (Å²) >= 11 is 0. The first-order chi connectivity index (χ1) is 17.1. The van der Waals surface area contributed by atoms with Crippen molar-refractivity contribution in [2.75, 3.05) is 19.7 Å². The van der Waals surface area contributed by atoms with Gasteiger partial charge in [-0.15, -0.1) is 0 Å². The summed E-state index contributed by atoms with van der Waals surface area (Å²) in [5, 5.41) is 10.1. The number of hydrogen-bond acceptors (Lipinski definition) is 4. The Kier molecular flexibility index (Phi) is 6.94. The van der Waals surface area contributed by atoms with Crippen molar-refractivity contribution in [3.63, 3.8) is 0 Å². The normalized spacial score (nSPS) is 29.6. The monoisotopic (exact) mass is 505 g/mol. The first-order valence-corrected chi connectivity index (χ1v) is 13.0. The van der Waals surface area contributed by atoms with Gasteiger partial charge in [-0.05, 0) is 79.3 Å². The summed E-state index contributed by atoms with van der Waals surface area (Å²) in [6.45, 7) is 4.62. The number of ether oxygens (including phenoxy) is 2. The molecule has 0 radical (unpaired) electrons. The van der Waals surface area contributed by atoms with Gasteiger partial charge in [0.25, 0.3) is 0 Å². The fourth-order valence-corrected chi connectivity index (χ4v) is 6.27.